The fraction of sp³-hybridized carbons (Fsp3) is 0.625. The highest BCUT2D eigenvalue weighted by molar-refractivity contribution is 6.31. The van der Waals surface area contributed by atoms with Gasteiger partial charge in [-0.15, -0.1) is 0 Å². The molecule has 18 heavy (non-hydrogen) atoms. The zero-order chi connectivity index (χ0) is 12.8. The third-order valence-electron chi connectivity index (χ3n) is 4.22. The van der Waals surface area contributed by atoms with Crippen LogP contribution in [-0.4, -0.2) is 13.6 Å². The Balaban J connectivity index is 2.06. The second kappa shape index (κ2) is 7.16. The van der Waals surface area contributed by atoms with Crippen LogP contribution in [0.5, 0.6) is 0 Å². The van der Waals surface area contributed by atoms with E-state index in [4.69, 9.17) is 11.6 Å². The van der Waals surface area contributed by atoms with E-state index in [0.717, 1.165) is 29.8 Å². The summed E-state index contributed by atoms with van der Waals surface area (Å²) in [5.74, 6) is 1.61. The smallest absolute Gasteiger partial charge is 0.0438 e. The van der Waals surface area contributed by atoms with Crippen molar-refractivity contribution in [3.63, 3.8) is 0 Å². The van der Waals surface area contributed by atoms with Crippen molar-refractivity contribution >= 4 is 11.6 Å². The Hall–Kier alpha value is -0.530. The summed E-state index contributed by atoms with van der Waals surface area (Å²) < 4.78 is 0. The van der Waals surface area contributed by atoms with Crippen molar-refractivity contribution in [1.29, 1.82) is 0 Å². The summed E-state index contributed by atoms with van der Waals surface area (Å²) in [7, 11) is 2.07. The van der Waals surface area contributed by atoms with Gasteiger partial charge in [-0.05, 0) is 56.3 Å². The van der Waals surface area contributed by atoms with Gasteiger partial charge in [-0.25, -0.2) is 0 Å². The number of halogens is 1. The van der Waals surface area contributed by atoms with E-state index in [9.17, 15) is 0 Å². The van der Waals surface area contributed by atoms with Gasteiger partial charge in [0.15, 0.2) is 0 Å². The van der Waals surface area contributed by atoms with Crippen LogP contribution >= 0.6 is 11.6 Å². The highest BCUT2D eigenvalue weighted by Crippen LogP contribution is 2.32. The van der Waals surface area contributed by atoms with Crippen molar-refractivity contribution in [3.8, 4) is 0 Å². The van der Waals surface area contributed by atoms with Crippen molar-refractivity contribution in [3.05, 3.63) is 34.9 Å². The van der Waals surface area contributed by atoms with E-state index in [1.165, 1.54) is 37.7 Å². The van der Waals surface area contributed by atoms with Crippen LogP contribution in [0.3, 0.4) is 0 Å². The van der Waals surface area contributed by atoms with Gasteiger partial charge in [0, 0.05) is 5.02 Å². The Morgan fingerprint density at radius 2 is 1.83 bits per heavy atom. The summed E-state index contributed by atoms with van der Waals surface area (Å²) in [4.78, 5) is 0. The lowest BCUT2D eigenvalue weighted by Crippen LogP contribution is -2.26. The van der Waals surface area contributed by atoms with Crippen molar-refractivity contribution < 1.29 is 0 Å². The SMILES string of the molecule is CNCC1CCCCCC1Cc1ccccc1Cl. The molecule has 1 aromatic carbocycles. The number of rotatable bonds is 4. The Morgan fingerprint density at radius 3 is 2.56 bits per heavy atom. The van der Waals surface area contributed by atoms with Crippen LogP contribution in [0.15, 0.2) is 24.3 Å². The van der Waals surface area contributed by atoms with Crippen LogP contribution < -0.4 is 5.32 Å². The molecular weight excluding hydrogens is 242 g/mol. The standard InChI is InChI=1S/C16H24ClN/c1-18-12-15-9-4-2-3-7-13(15)11-14-8-5-6-10-16(14)17/h5-6,8,10,13,15,18H,2-4,7,9,11-12H2,1H3. The predicted molar refractivity (Wildman–Crippen MR) is 79.1 cm³/mol. The molecule has 0 saturated heterocycles. The summed E-state index contributed by atoms with van der Waals surface area (Å²) in [5, 5.41) is 4.30. The summed E-state index contributed by atoms with van der Waals surface area (Å²) in [6.45, 7) is 1.15. The molecule has 0 heterocycles. The minimum Gasteiger partial charge on any atom is -0.319 e. The van der Waals surface area contributed by atoms with Crippen LogP contribution in [-0.2, 0) is 6.42 Å². The third-order valence-corrected chi connectivity index (χ3v) is 4.59. The first-order valence-corrected chi connectivity index (χ1v) is 7.57. The van der Waals surface area contributed by atoms with E-state index in [1.807, 2.05) is 12.1 Å². The molecule has 2 unspecified atom stereocenters. The molecular formula is C16H24ClN. The molecule has 0 aliphatic heterocycles. The Labute approximate surface area is 116 Å². The lowest BCUT2D eigenvalue weighted by atomic mass is 9.83. The van der Waals surface area contributed by atoms with Crippen molar-refractivity contribution in [2.45, 2.75) is 38.5 Å². The largest absolute Gasteiger partial charge is 0.319 e. The molecule has 0 spiro atoms. The van der Waals surface area contributed by atoms with Gasteiger partial charge in [0.1, 0.15) is 0 Å². The average molecular weight is 266 g/mol. The monoisotopic (exact) mass is 265 g/mol. The Bertz CT molecular complexity index is 364. The van der Waals surface area contributed by atoms with Crippen LogP contribution in [0.25, 0.3) is 0 Å². The first-order valence-electron chi connectivity index (χ1n) is 7.19. The predicted octanol–water partition coefficient (Wildman–Crippen LogP) is 4.30. The fourth-order valence-electron chi connectivity index (χ4n) is 3.21. The third kappa shape index (κ3) is 3.73. The maximum absolute atomic E-state index is 6.29. The van der Waals surface area contributed by atoms with Gasteiger partial charge < -0.3 is 5.32 Å². The molecule has 1 aromatic rings. The molecule has 2 rings (SSSR count). The van der Waals surface area contributed by atoms with E-state index < -0.39 is 0 Å². The van der Waals surface area contributed by atoms with Crippen molar-refractivity contribution in [2.75, 3.05) is 13.6 Å². The van der Waals surface area contributed by atoms with Crippen LogP contribution in [0, 0.1) is 11.8 Å². The normalized spacial score (nSPS) is 24.8. The fourth-order valence-corrected chi connectivity index (χ4v) is 3.42. The second-order valence-corrected chi connectivity index (χ2v) is 5.92. The number of hydrogen-bond donors (Lipinski definition) is 1. The number of benzene rings is 1. The molecule has 1 nitrogen and oxygen atoms in total. The molecule has 1 saturated carbocycles. The number of hydrogen-bond acceptors (Lipinski definition) is 1. The van der Waals surface area contributed by atoms with E-state index >= 15 is 0 Å². The van der Waals surface area contributed by atoms with Gasteiger partial charge in [0.25, 0.3) is 0 Å². The van der Waals surface area contributed by atoms with E-state index in [0.29, 0.717) is 0 Å². The average Bonchev–Trinajstić information content (AvgIpc) is 2.59. The van der Waals surface area contributed by atoms with Crippen molar-refractivity contribution in [1.82, 2.24) is 5.32 Å². The molecule has 1 N–H and O–H groups in total. The maximum atomic E-state index is 6.29. The van der Waals surface area contributed by atoms with Gasteiger partial charge in [0.05, 0.1) is 0 Å². The van der Waals surface area contributed by atoms with E-state index in [2.05, 4.69) is 24.5 Å². The lowest BCUT2D eigenvalue weighted by molar-refractivity contribution is 0.304. The van der Waals surface area contributed by atoms with Crippen LogP contribution in [0.2, 0.25) is 5.02 Å². The number of nitrogens with one attached hydrogen (secondary N) is 1. The van der Waals surface area contributed by atoms with Gasteiger partial charge in [0.2, 0.25) is 0 Å². The van der Waals surface area contributed by atoms with Gasteiger partial charge in [-0.2, -0.15) is 0 Å². The van der Waals surface area contributed by atoms with Gasteiger partial charge in [-0.3, -0.25) is 0 Å². The molecule has 100 valence electrons. The van der Waals surface area contributed by atoms with Crippen LogP contribution in [0.1, 0.15) is 37.7 Å². The summed E-state index contributed by atoms with van der Waals surface area (Å²) in [5.41, 5.74) is 1.33. The summed E-state index contributed by atoms with van der Waals surface area (Å²) >= 11 is 6.29. The Kier molecular flexibility index (Phi) is 5.52. The highest BCUT2D eigenvalue weighted by atomic mass is 35.5. The first kappa shape index (κ1) is 13.9. The van der Waals surface area contributed by atoms with Gasteiger partial charge >= 0.3 is 0 Å². The molecule has 1 fully saturated rings. The summed E-state index contributed by atoms with van der Waals surface area (Å²) in [6.07, 6.45) is 8.06. The molecule has 0 amide bonds. The zero-order valence-electron chi connectivity index (χ0n) is 11.3. The van der Waals surface area contributed by atoms with Crippen LogP contribution in [0.4, 0.5) is 0 Å². The summed E-state index contributed by atoms with van der Waals surface area (Å²) in [6, 6.07) is 8.32. The first-order chi connectivity index (χ1) is 8.81. The zero-order valence-corrected chi connectivity index (χ0v) is 12.0. The molecule has 2 atom stereocenters. The van der Waals surface area contributed by atoms with E-state index in [1.54, 1.807) is 0 Å². The van der Waals surface area contributed by atoms with Crippen molar-refractivity contribution in [2.24, 2.45) is 11.8 Å². The minimum atomic E-state index is 0.792. The lowest BCUT2D eigenvalue weighted by Gasteiger charge is -2.25. The van der Waals surface area contributed by atoms with E-state index in [-0.39, 0.29) is 0 Å². The molecule has 0 aromatic heterocycles. The Morgan fingerprint density at radius 1 is 1.11 bits per heavy atom. The maximum Gasteiger partial charge on any atom is 0.0438 e. The molecule has 1 aliphatic rings. The molecule has 2 heteroatoms. The highest BCUT2D eigenvalue weighted by Gasteiger charge is 2.23. The quantitative estimate of drug-likeness (QED) is 0.801. The van der Waals surface area contributed by atoms with Gasteiger partial charge in [-0.1, -0.05) is 49.1 Å². The molecule has 0 radical (unpaired) electrons. The minimum absolute atomic E-state index is 0.792. The topological polar surface area (TPSA) is 12.0 Å². The second-order valence-electron chi connectivity index (χ2n) is 5.51. The molecule has 0 bridgehead atoms. The molecule has 1 aliphatic carbocycles.